The quantitative estimate of drug-likeness (QED) is 0.919. The summed E-state index contributed by atoms with van der Waals surface area (Å²) < 4.78 is 19.3. The van der Waals surface area contributed by atoms with E-state index in [1.165, 1.54) is 17.7 Å². The molecule has 0 saturated carbocycles. The lowest BCUT2D eigenvalue weighted by Gasteiger charge is -2.13. The molecule has 3 rings (SSSR count). The predicted molar refractivity (Wildman–Crippen MR) is 74.5 cm³/mol. The van der Waals surface area contributed by atoms with Crippen LogP contribution in [0, 0.1) is 5.82 Å². The zero-order valence-corrected chi connectivity index (χ0v) is 11.0. The van der Waals surface area contributed by atoms with E-state index in [1.807, 2.05) is 18.2 Å². The molecule has 1 N–H and O–H groups in total. The van der Waals surface area contributed by atoms with Crippen LogP contribution in [0.15, 0.2) is 42.5 Å². The van der Waals surface area contributed by atoms with Crippen LogP contribution in [0.3, 0.4) is 0 Å². The molecule has 0 radical (unpaired) electrons. The normalized spacial score (nSPS) is 16.8. The van der Waals surface area contributed by atoms with Crippen molar-refractivity contribution in [2.45, 2.75) is 12.5 Å². The van der Waals surface area contributed by atoms with E-state index in [0.29, 0.717) is 17.3 Å². The van der Waals surface area contributed by atoms with Gasteiger partial charge in [0.1, 0.15) is 17.7 Å². The average Bonchev–Trinajstić information content (AvgIpc) is 2.82. The smallest absolute Gasteiger partial charge is 0.146 e. The minimum absolute atomic E-state index is 0.0239. The molecular formula is C15H13ClFNO. The molecule has 2 aromatic rings. The van der Waals surface area contributed by atoms with E-state index in [1.54, 1.807) is 6.07 Å². The number of para-hydroxylation sites is 1. The van der Waals surface area contributed by atoms with Crippen LogP contribution >= 0.6 is 11.6 Å². The highest BCUT2D eigenvalue weighted by atomic mass is 35.5. The van der Waals surface area contributed by atoms with Crippen LogP contribution in [-0.2, 0) is 6.42 Å². The zero-order valence-electron chi connectivity index (χ0n) is 10.2. The second kappa shape index (κ2) is 5.10. The maximum Gasteiger partial charge on any atom is 0.146 e. The highest BCUT2D eigenvalue weighted by molar-refractivity contribution is 6.30. The Balaban J connectivity index is 1.64. The molecule has 4 heteroatoms. The van der Waals surface area contributed by atoms with Gasteiger partial charge in [0, 0.05) is 11.4 Å². The summed E-state index contributed by atoms with van der Waals surface area (Å²) in [4.78, 5) is 0. The highest BCUT2D eigenvalue weighted by Crippen LogP contribution is 2.28. The zero-order chi connectivity index (χ0) is 13.2. The molecule has 0 spiro atoms. The van der Waals surface area contributed by atoms with Crippen LogP contribution in [-0.4, -0.2) is 12.6 Å². The van der Waals surface area contributed by atoms with Crippen LogP contribution in [0.1, 0.15) is 5.56 Å². The Morgan fingerprint density at radius 2 is 2.11 bits per heavy atom. The van der Waals surface area contributed by atoms with Gasteiger partial charge < -0.3 is 10.1 Å². The van der Waals surface area contributed by atoms with E-state index in [2.05, 4.69) is 11.4 Å². The van der Waals surface area contributed by atoms with E-state index >= 15 is 0 Å². The molecule has 2 aromatic carbocycles. The maximum atomic E-state index is 13.5. The van der Waals surface area contributed by atoms with E-state index in [-0.39, 0.29) is 11.9 Å². The fraction of sp³-hybridized carbons (Fsp3) is 0.200. The Kier molecular flexibility index (Phi) is 3.30. The summed E-state index contributed by atoms with van der Waals surface area (Å²) in [5.74, 6) is 0.612. The van der Waals surface area contributed by atoms with E-state index in [0.717, 1.165) is 12.2 Å². The monoisotopic (exact) mass is 277 g/mol. The largest absolute Gasteiger partial charge is 0.488 e. The summed E-state index contributed by atoms with van der Waals surface area (Å²) in [6, 6.07) is 12.4. The van der Waals surface area contributed by atoms with Crippen LogP contribution in [0.25, 0.3) is 0 Å². The number of hydrogen-bond acceptors (Lipinski definition) is 2. The molecule has 1 aliphatic heterocycles. The van der Waals surface area contributed by atoms with Crippen LogP contribution < -0.4 is 10.1 Å². The Bertz CT molecular complexity index is 577. The average molecular weight is 278 g/mol. The topological polar surface area (TPSA) is 21.3 Å². The number of ether oxygens (including phenoxy) is 1. The SMILES string of the molecule is Fc1ccc(Cl)cc1NCC1Cc2ccccc2O1. The Hall–Kier alpha value is -1.74. The van der Waals surface area contributed by atoms with Crippen molar-refractivity contribution in [3.63, 3.8) is 0 Å². The molecule has 1 heterocycles. The van der Waals surface area contributed by atoms with E-state index in [4.69, 9.17) is 16.3 Å². The molecule has 2 nitrogen and oxygen atoms in total. The van der Waals surface area contributed by atoms with Gasteiger partial charge in [0.15, 0.2) is 0 Å². The van der Waals surface area contributed by atoms with Gasteiger partial charge in [-0.3, -0.25) is 0 Å². The minimum Gasteiger partial charge on any atom is -0.488 e. The second-order valence-electron chi connectivity index (χ2n) is 4.56. The molecular weight excluding hydrogens is 265 g/mol. The van der Waals surface area contributed by atoms with Crippen LogP contribution in [0.4, 0.5) is 10.1 Å². The molecule has 1 unspecified atom stereocenters. The fourth-order valence-corrected chi connectivity index (χ4v) is 2.40. The first-order valence-corrected chi connectivity index (χ1v) is 6.53. The number of rotatable bonds is 3. The third-order valence-electron chi connectivity index (χ3n) is 3.16. The summed E-state index contributed by atoms with van der Waals surface area (Å²) in [7, 11) is 0. The highest BCUT2D eigenvalue weighted by Gasteiger charge is 2.22. The van der Waals surface area contributed by atoms with Crippen molar-refractivity contribution in [2.24, 2.45) is 0 Å². The van der Waals surface area contributed by atoms with Gasteiger partial charge in [-0.2, -0.15) is 0 Å². The van der Waals surface area contributed by atoms with E-state index in [9.17, 15) is 4.39 Å². The molecule has 0 bridgehead atoms. The van der Waals surface area contributed by atoms with Gasteiger partial charge in [0.2, 0.25) is 0 Å². The minimum atomic E-state index is -0.306. The van der Waals surface area contributed by atoms with Crippen LogP contribution in [0.2, 0.25) is 5.02 Å². The van der Waals surface area contributed by atoms with E-state index < -0.39 is 0 Å². The first-order chi connectivity index (χ1) is 9.22. The maximum absolute atomic E-state index is 13.5. The molecule has 0 amide bonds. The Morgan fingerprint density at radius 3 is 2.95 bits per heavy atom. The van der Waals surface area contributed by atoms with Crippen molar-refractivity contribution >= 4 is 17.3 Å². The second-order valence-corrected chi connectivity index (χ2v) is 4.99. The van der Waals surface area contributed by atoms with Crippen molar-refractivity contribution < 1.29 is 9.13 Å². The lowest BCUT2D eigenvalue weighted by Crippen LogP contribution is -2.24. The van der Waals surface area contributed by atoms with Gasteiger partial charge in [0.25, 0.3) is 0 Å². The molecule has 1 aliphatic rings. The number of nitrogens with one attached hydrogen (secondary N) is 1. The summed E-state index contributed by atoms with van der Waals surface area (Å²) in [5, 5.41) is 3.56. The molecule has 0 aromatic heterocycles. The number of halogens is 2. The number of anilines is 1. The van der Waals surface area contributed by atoms with Gasteiger partial charge in [-0.15, -0.1) is 0 Å². The number of hydrogen-bond donors (Lipinski definition) is 1. The van der Waals surface area contributed by atoms with Crippen molar-refractivity contribution in [1.29, 1.82) is 0 Å². The summed E-state index contributed by atoms with van der Waals surface area (Å²) >= 11 is 5.85. The van der Waals surface area contributed by atoms with Crippen molar-refractivity contribution in [2.75, 3.05) is 11.9 Å². The third kappa shape index (κ3) is 2.66. The molecule has 1 atom stereocenters. The van der Waals surface area contributed by atoms with Crippen molar-refractivity contribution in [3.05, 3.63) is 58.9 Å². The van der Waals surface area contributed by atoms with Crippen LogP contribution in [0.5, 0.6) is 5.75 Å². The molecule has 0 saturated heterocycles. The number of benzene rings is 2. The molecule has 0 aliphatic carbocycles. The fourth-order valence-electron chi connectivity index (χ4n) is 2.22. The first-order valence-electron chi connectivity index (χ1n) is 6.16. The standard InChI is InChI=1S/C15H13ClFNO/c16-11-5-6-13(17)14(8-11)18-9-12-7-10-3-1-2-4-15(10)19-12/h1-6,8,12,18H,7,9H2. The molecule has 19 heavy (non-hydrogen) atoms. The predicted octanol–water partition coefficient (Wildman–Crippen LogP) is 3.89. The Labute approximate surface area is 116 Å². The lowest BCUT2D eigenvalue weighted by molar-refractivity contribution is 0.246. The van der Waals surface area contributed by atoms with Gasteiger partial charge in [-0.05, 0) is 29.8 Å². The summed E-state index contributed by atoms with van der Waals surface area (Å²) in [6.07, 6.45) is 0.863. The summed E-state index contributed by atoms with van der Waals surface area (Å²) in [5.41, 5.74) is 1.60. The van der Waals surface area contributed by atoms with Gasteiger partial charge in [-0.25, -0.2) is 4.39 Å². The third-order valence-corrected chi connectivity index (χ3v) is 3.40. The first kappa shape index (κ1) is 12.3. The van der Waals surface area contributed by atoms with Gasteiger partial charge in [0.05, 0.1) is 12.2 Å². The van der Waals surface area contributed by atoms with Crippen molar-refractivity contribution in [1.82, 2.24) is 0 Å². The van der Waals surface area contributed by atoms with Gasteiger partial charge in [-0.1, -0.05) is 29.8 Å². The van der Waals surface area contributed by atoms with Crippen molar-refractivity contribution in [3.8, 4) is 5.75 Å². The Morgan fingerprint density at radius 1 is 1.26 bits per heavy atom. The number of fused-ring (bicyclic) bond motifs is 1. The van der Waals surface area contributed by atoms with Gasteiger partial charge >= 0.3 is 0 Å². The molecule has 98 valence electrons. The lowest BCUT2D eigenvalue weighted by atomic mass is 10.1. The molecule has 0 fully saturated rings. The summed E-state index contributed by atoms with van der Waals surface area (Å²) in [6.45, 7) is 0.548.